The van der Waals surface area contributed by atoms with Crippen LogP contribution in [0, 0.1) is 0 Å². The molecular weight excluding hydrogens is 348 g/mol. The minimum Gasteiger partial charge on any atom is -0.481 e. The van der Waals surface area contributed by atoms with Crippen molar-refractivity contribution in [1.82, 2.24) is 0 Å². The first-order chi connectivity index (χ1) is 11.5. The van der Waals surface area contributed by atoms with Crippen LogP contribution in [0.25, 0.3) is 0 Å². The zero-order chi connectivity index (χ0) is 18.5. The van der Waals surface area contributed by atoms with Gasteiger partial charge in [-0.3, -0.25) is 4.79 Å². The predicted octanol–water partition coefficient (Wildman–Crippen LogP) is 6.72. The maximum atomic E-state index is 10.3. The van der Waals surface area contributed by atoms with Gasteiger partial charge >= 0.3 is 5.97 Å². The second kappa shape index (κ2) is 26.4. The van der Waals surface area contributed by atoms with Crippen molar-refractivity contribution in [3.05, 3.63) is 0 Å². The average Bonchev–Trinajstić information content (AvgIpc) is 2.50. The Kier molecular flexibility index (Phi) is 31.5. The standard InChI is InChI=1S/C18H36O2.C3H8O.Ti/c1-2-3-4-5-6-7-8-9-10-11-12-13-14-15-16-17-18(19)20;1-3(2)4;/h2-17H2,1H3,(H,19,20);3-4H,1-2H3;. The van der Waals surface area contributed by atoms with Gasteiger partial charge in [-0.15, -0.1) is 0 Å². The minimum atomic E-state index is -0.653. The molecule has 0 fully saturated rings. The van der Waals surface area contributed by atoms with Gasteiger partial charge in [-0.05, 0) is 20.3 Å². The SMILES string of the molecule is CC(C)O.CCCCCCCCCCCCCCCCCC(=O)O.[Ti]. The van der Waals surface area contributed by atoms with Gasteiger partial charge in [0.1, 0.15) is 0 Å². The van der Waals surface area contributed by atoms with E-state index >= 15 is 0 Å². The van der Waals surface area contributed by atoms with Gasteiger partial charge in [0.05, 0.1) is 0 Å². The molecule has 0 bridgehead atoms. The molecule has 0 aliphatic rings. The van der Waals surface area contributed by atoms with E-state index in [1.165, 1.54) is 83.5 Å². The first-order valence-corrected chi connectivity index (χ1v) is 10.4. The molecule has 0 saturated carbocycles. The number of carbonyl (C=O) groups is 1. The number of hydrogen-bond donors (Lipinski definition) is 2. The molecule has 0 spiro atoms. The quantitative estimate of drug-likeness (QED) is 0.226. The largest absolute Gasteiger partial charge is 0.481 e. The maximum Gasteiger partial charge on any atom is 0.303 e. The number of aliphatic carboxylic acids is 1. The molecule has 0 amide bonds. The molecule has 0 aromatic rings. The van der Waals surface area contributed by atoms with Crippen LogP contribution in [0.1, 0.15) is 124 Å². The summed E-state index contributed by atoms with van der Waals surface area (Å²) in [6.07, 6.45) is 20.0. The van der Waals surface area contributed by atoms with Crippen LogP contribution in [-0.4, -0.2) is 22.3 Å². The minimum absolute atomic E-state index is 0. The fourth-order valence-electron chi connectivity index (χ4n) is 2.65. The normalized spacial score (nSPS) is 10.1. The monoisotopic (exact) mass is 392 g/mol. The number of unbranched alkanes of at least 4 members (excludes halogenated alkanes) is 14. The van der Waals surface area contributed by atoms with Crippen molar-refractivity contribution < 1.29 is 36.7 Å². The molecule has 0 aromatic heterocycles. The van der Waals surface area contributed by atoms with Crippen molar-refractivity contribution in [2.24, 2.45) is 0 Å². The summed E-state index contributed by atoms with van der Waals surface area (Å²) in [6.45, 7) is 5.71. The van der Waals surface area contributed by atoms with E-state index in [9.17, 15) is 4.79 Å². The molecule has 0 aliphatic carbocycles. The van der Waals surface area contributed by atoms with Crippen molar-refractivity contribution in [2.45, 2.75) is 130 Å². The van der Waals surface area contributed by atoms with E-state index in [-0.39, 0.29) is 27.8 Å². The zero-order valence-corrected chi connectivity index (χ0v) is 18.8. The summed E-state index contributed by atoms with van der Waals surface area (Å²) >= 11 is 0. The molecule has 0 heterocycles. The second-order valence-corrected chi connectivity index (χ2v) is 7.19. The van der Waals surface area contributed by atoms with Gasteiger partial charge in [-0.25, -0.2) is 0 Å². The molecule has 0 atom stereocenters. The fraction of sp³-hybridized carbons (Fsp3) is 0.952. The summed E-state index contributed by atoms with van der Waals surface area (Å²) in [7, 11) is 0. The Hall–Kier alpha value is 0.144. The van der Waals surface area contributed by atoms with Gasteiger partial charge < -0.3 is 10.2 Å². The van der Waals surface area contributed by atoms with Crippen LogP contribution in [0.4, 0.5) is 0 Å². The van der Waals surface area contributed by atoms with E-state index in [1.807, 2.05) is 0 Å². The third kappa shape index (κ3) is 40.3. The van der Waals surface area contributed by atoms with E-state index in [0.29, 0.717) is 6.42 Å². The molecule has 0 saturated heterocycles. The molecular formula is C21H44O3Ti. The molecule has 0 unspecified atom stereocenters. The van der Waals surface area contributed by atoms with Gasteiger partial charge in [0.2, 0.25) is 0 Å². The molecule has 4 heteroatoms. The number of carboxylic acid groups (broad SMARTS) is 1. The summed E-state index contributed by atoms with van der Waals surface area (Å²) in [4.78, 5) is 10.3. The fourth-order valence-corrected chi connectivity index (χ4v) is 2.65. The summed E-state index contributed by atoms with van der Waals surface area (Å²) in [5.41, 5.74) is 0. The van der Waals surface area contributed by atoms with Crippen LogP contribution >= 0.6 is 0 Å². The van der Waals surface area contributed by atoms with E-state index in [4.69, 9.17) is 10.2 Å². The Bertz CT molecular complexity index is 243. The van der Waals surface area contributed by atoms with Crippen LogP contribution < -0.4 is 0 Å². The third-order valence-electron chi connectivity index (χ3n) is 3.99. The van der Waals surface area contributed by atoms with Gasteiger partial charge in [-0.2, -0.15) is 0 Å². The number of hydrogen-bond acceptors (Lipinski definition) is 2. The summed E-state index contributed by atoms with van der Waals surface area (Å²) in [5, 5.41) is 16.6. The second-order valence-electron chi connectivity index (χ2n) is 7.19. The Morgan fingerprint density at radius 1 is 0.680 bits per heavy atom. The van der Waals surface area contributed by atoms with Crippen LogP contribution in [0.3, 0.4) is 0 Å². The van der Waals surface area contributed by atoms with Crippen LogP contribution in [0.5, 0.6) is 0 Å². The summed E-state index contributed by atoms with van der Waals surface area (Å²) < 4.78 is 0. The average molecular weight is 392 g/mol. The Morgan fingerprint density at radius 2 is 0.920 bits per heavy atom. The molecule has 0 rings (SSSR count). The molecule has 0 aliphatic heterocycles. The predicted molar refractivity (Wildman–Crippen MR) is 105 cm³/mol. The first kappa shape index (κ1) is 29.9. The van der Waals surface area contributed by atoms with E-state index in [0.717, 1.165) is 12.8 Å². The summed E-state index contributed by atoms with van der Waals surface area (Å²) in [5.74, 6) is -0.653. The zero-order valence-electron chi connectivity index (χ0n) is 17.2. The molecule has 0 radical (unpaired) electrons. The number of carboxylic acids is 1. The number of aliphatic hydroxyl groups excluding tert-OH is 1. The topological polar surface area (TPSA) is 57.5 Å². The number of aliphatic hydroxyl groups is 1. The Morgan fingerprint density at radius 3 is 1.16 bits per heavy atom. The Balaban J connectivity index is -0.000000867. The van der Waals surface area contributed by atoms with Gasteiger partial charge in [0.25, 0.3) is 0 Å². The van der Waals surface area contributed by atoms with E-state index in [1.54, 1.807) is 13.8 Å². The van der Waals surface area contributed by atoms with Gasteiger partial charge in [-0.1, -0.05) is 96.8 Å². The van der Waals surface area contributed by atoms with Crippen molar-refractivity contribution in [3.63, 3.8) is 0 Å². The molecule has 2 N–H and O–H groups in total. The molecule has 25 heavy (non-hydrogen) atoms. The van der Waals surface area contributed by atoms with E-state index in [2.05, 4.69) is 6.92 Å². The van der Waals surface area contributed by atoms with Crippen LogP contribution in [-0.2, 0) is 26.5 Å². The smallest absolute Gasteiger partial charge is 0.303 e. The first-order valence-electron chi connectivity index (χ1n) is 10.4. The molecule has 0 aromatic carbocycles. The van der Waals surface area contributed by atoms with Crippen molar-refractivity contribution in [1.29, 1.82) is 0 Å². The summed E-state index contributed by atoms with van der Waals surface area (Å²) in [6, 6.07) is 0. The van der Waals surface area contributed by atoms with Crippen LogP contribution in [0.2, 0.25) is 0 Å². The van der Waals surface area contributed by atoms with Crippen molar-refractivity contribution in [2.75, 3.05) is 0 Å². The third-order valence-corrected chi connectivity index (χ3v) is 3.99. The van der Waals surface area contributed by atoms with Crippen molar-refractivity contribution in [3.8, 4) is 0 Å². The van der Waals surface area contributed by atoms with Crippen LogP contribution in [0.15, 0.2) is 0 Å². The van der Waals surface area contributed by atoms with E-state index < -0.39 is 5.97 Å². The van der Waals surface area contributed by atoms with Crippen molar-refractivity contribution >= 4 is 5.97 Å². The molecule has 150 valence electrons. The Labute approximate surface area is 172 Å². The van der Waals surface area contributed by atoms with Gasteiger partial charge in [0, 0.05) is 34.2 Å². The molecule has 3 nitrogen and oxygen atoms in total. The maximum absolute atomic E-state index is 10.3. The number of rotatable bonds is 16. The van der Waals surface area contributed by atoms with Gasteiger partial charge in [0.15, 0.2) is 0 Å².